The zero-order valence-electron chi connectivity index (χ0n) is 15.5. The van der Waals surface area contributed by atoms with Crippen molar-refractivity contribution in [1.82, 2.24) is 0 Å². The number of rotatable bonds is 4. The van der Waals surface area contributed by atoms with Gasteiger partial charge in [0.1, 0.15) is 17.3 Å². The first kappa shape index (κ1) is 19.4. The number of non-ortho nitro benzene ring substituents is 1. The standard InChI is InChI=1S/C22H15F2N3O3/c23-15-3-7-17(8-4-15)25-20-13-21(14-1-9-19(10-2-14)27(29)30)26(22(20)28)18-11-5-16(24)6-12-18/h1-12,21H,13H2. The smallest absolute Gasteiger partial charge is 0.273 e. The monoisotopic (exact) mass is 407 g/mol. The highest BCUT2D eigenvalue weighted by molar-refractivity contribution is 6.46. The van der Waals surface area contributed by atoms with Crippen LogP contribution in [0.4, 0.5) is 25.8 Å². The summed E-state index contributed by atoms with van der Waals surface area (Å²) in [6.07, 6.45) is 0.241. The van der Waals surface area contributed by atoms with E-state index >= 15 is 0 Å². The highest BCUT2D eigenvalue weighted by Gasteiger charge is 2.38. The highest BCUT2D eigenvalue weighted by Crippen LogP contribution is 2.37. The molecular weight excluding hydrogens is 392 g/mol. The van der Waals surface area contributed by atoms with Crippen molar-refractivity contribution in [2.75, 3.05) is 4.90 Å². The summed E-state index contributed by atoms with van der Waals surface area (Å²) >= 11 is 0. The number of halogens is 2. The van der Waals surface area contributed by atoms with Gasteiger partial charge in [-0.1, -0.05) is 12.1 Å². The molecule has 4 rings (SSSR count). The summed E-state index contributed by atoms with van der Waals surface area (Å²) in [7, 11) is 0. The predicted octanol–water partition coefficient (Wildman–Crippen LogP) is 5.12. The third-order valence-electron chi connectivity index (χ3n) is 4.85. The lowest BCUT2D eigenvalue weighted by atomic mass is 10.0. The molecule has 3 aromatic carbocycles. The van der Waals surface area contributed by atoms with Gasteiger partial charge >= 0.3 is 0 Å². The van der Waals surface area contributed by atoms with E-state index in [-0.39, 0.29) is 23.7 Å². The van der Waals surface area contributed by atoms with Gasteiger partial charge in [-0.2, -0.15) is 0 Å². The largest absolute Gasteiger partial charge is 0.299 e. The van der Waals surface area contributed by atoms with Gasteiger partial charge in [-0.15, -0.1) is 0 Å². The second-order valence-corrected chi connectivity index (χ2v) is 6.76. The fraction of sp³-hybridized carbons (Fsp3) is 0.0909. The molecule has 0 bridgehead atoms. The Kier molecular flexibility index (Phi) is 5.05. The summed E-state index contributed by atoms with van der Waals surface area (Å²) < 4.78 is 26.5. The number of nitro benzene ring substituents is 1. The van der Waals surface area contributed by atoms with Crippen LogP contribution in [-0.2, 0) is 4.79 Å². The van der Waals surface area contributed by atoms with E-state index in [2.05, 4.69) is 4.99 Å². The molecule has 1 heterocycles. The van der Waals surface area contributed by atoms with Crippen molar-refractivity contribution < 1.29 is 18.5 Å². The zero-order valence-corrected chi connectivity index (χ0v) is 15.5. The van der Waals surface area contributed by atoms with Crippen molar-refractivity contribution in [3.8, 4) is 0 Å². The number of hydrogen-bond acceptors (Lipinski definition) is 4. The van der Waals surface area contributed by atoms with Crippen LogP contribution in [0.5, 0.6) is 0 Å². The zero-order chi connectivity index (χ0) is 21.3. The van der Waals surface area contributed by atoms with E-state index in [1.54, 1.807) is 12.1 Å². The molecule has 1 atom stereocenters. The number of aliphatic imine (C=N–C) groups is 1. The maximum absolute atomic E-state index is 13.4. The van der Waals surface area contributed by atoms with Crippen molar-refractivity contribution in [2.45, 2.75) is 12.5 Å². The van der Waals surface area contributed by atoms with Gasteiger partial charge in [-0.25, -0.2) is 13.8 Å². The quantitative estimate of drug-likeness (QED) is 0.445. The van der Waals surface area contributed by atoms with Gasteiger partial charge in [0.05, 0.1) is 16.7 Å². The summed E-state index contributed by atoms with van der Waals surface area (Å²) in [6.45, 7) is 0. The van der Waals surface area contributed by atoms with Crippen molar-refractivity contribution in [3.05, 3.63) is 100 Å². The Morgan fingerprint density at radius 2 is 1.47 bits per heavy atom. The molecule has 1 fully saturated rings. The molecule has 30 heavy (non-hydrogen) atoms. The topological polar surface area (TPSA) is 75.8 Å². The van der Waals surface area contributed by atoms with Crippen LogP contribution in [0, 0.1) is 21.7 Å². The predicted molar refractivity (Wildman–Crippen MR) is 108 cm³/mol. The average molecular weight is 407 g/mol. The second kappa shape index (κ2) is 7.82. The van der Waals surface area contributed by atoms with E-state index in [9.17, 15) is 23.7 Å². The molecular formula is C22H15F2N3O3. The Morgan fingerprint density at radius 1 is 0.900 bits per heavy atom. The Bertz CT molecular complexity index is 1130. The molecule has 0 N–H and O–H groups in total. The molecule has 1 saturated heterocycles. The van der Waals surface area contributed by atoms with Crippen molar-refractivity contribution in [3.63, 3.8) is 0 Å². The summed E-state index contributed by atoms with van der Waals surface area (Å²) in [4.78, 5) is 29.4. The van der Waals surface area contributed by atoms with Gasteiger partial charge in [-0.3, -0.25) is 19.8 Å². The fourth-order valence-electron chi connectivity index (χ4n) is 3.39. The minimum absolute atomic E-state index is 0.0587. The van der Waals surface area contributed by atoms with E-state index in [0.717, 1.165) is 0 Å². The van der Waals surface area contributed by atoms with Gasteiger partial charge in [-0.05, 0) is 54.1 Å². The van der Waals surface area contributed by atoms with Crippen molar-refractivity contribution >= 4 is 28.7 Å². The Hall–Kier alpha value is -3.94. The lowest BCUT2D eigenvalue weighted by Crippen LogP contribution is -2.29. The van der Waals surface area contributed by atoms with E-state index < -0.39 is 22.6 Å². The van der Waals surface area contributed by atoms with Gasteiger partial charge in [0.15, 0.2) is 0 Å². The van der Waals surface area contributed by atoms with E-state index in [4.69, 9.17) is 0 Å². The minimum Gasteiger partial charge on any atom is -0.299 e. The molecule has 0 aromatic heterocycles. The maximum atomic E-state index is 13.4. The lowest BCUT2D eigenvalue weighted by Gasteiger charge is -2.24. The third kappa shape index (κ3) is 3.80. The lowest BCUT2D eigenvalue weighted by molar-refractivity contribution is -0.384. The van der Waals surface area contributed by atoms with Crippen LogP contribution in [0.25, 0.3) is 0 Å². The molecule has 1 aliphatic rings. The van der Waals surface area contributed by atoms with Crippen LogP contribution in [0.3, 0.4) is 0 Å². The van der Waals surface area contributed by atoms with Gasteiger partial charge < -0.3 is 0 Å². The molecule has 1 unspecified atom stereocenters. The Labute approximate surface area is 170 Å². The molecule has 8 heteroatoms. The number of nitro groups is 1. The maximum Gasteiger partial charge on any atom is 0.273 e. The van der Waals surface area contributed by atoms with Gasteiger partial charge in [0.25, 0.3) is 11.6 Å². The number of carbonyl (C=O) groups is 1. The number of nitrogens with zero attached hydrogens (tertiary/aromatic N) is 3. The molecule has 0 spiro atoms. The van der Waals surface area contributed by atoms with E-state index in [0.29, 0.717) is 16.9 Å². The summed E-state index contributed by atoms with van der Waals surface area (Å²) in [6, 6.07) is 16.4. The number of hydrogen-bond donors (Lipinski definition) is 0. The van der Waals surface area contributed by atoms with Crippen LogP contribution in [0.1, 0.15) is 18.0 Å². The van der Waals surface area contributed by atoms with E-state index in [1.807, 2.05) is 0 Å². The highest BCUT2D eigenvalue weighted by atomic mass is 19.1. The average Bonchev–Trinajstić information content (AvgIpc) is 3.06. The van der Waals surface area contributed by atoms with Crippen LogP contribution in [-0.4, -0.2) is 16.5 Å². The molecule has 1 aliphatic heterocycles. The number of anilines is 1. The SMILES string of the molecule is O=C1C(=Nc2ccc(F)cc2)CC(c2ccc([N+](=O)[O-])cc2)N1c1ccc(F)cc1. The molecule has 6 nitrogen and oxygen atoms in total. The van der Waals surface area contributed by atoms with Crippen molar-refractivity contribution in [2.24, 2.45) is 4.99 Å². The summed E-state index contributed by atoms with van der Waals surface area (Å²) in [5.74, 6) is -1.21. The summed E-state index contributed by atoms with van der Waals surface area (Å²) in [5.41, 5.74) is 1.80. The van der Waals surface area contributed by atoms with E-state index in [1.165, 1.54) is 65.6 Å². The molecule has 1 amide bonds. The number of carbonyl (C=O) groups excluding carboxylic acids is 1. The van der Waals surface area contributed by atoms with Crippen LogP contribution in [0.2, 0.25) is 0 Å². The van der Waals surface area contributed by atoms with Crippen molar-refractivity contribution in [1.29, 1.82) is 0 Å². The third-order valence-corrected chi connectivity index (χ3v) is 4.85. The number of amides is 1. The Balaban J connectivity index is 1.75. The second-order valence-electron chi connectivity index (χ2n) is 6.76. The van der Waals surface area contributed by atoms with Crippen LogP contribution >= 0.6 is 0 Å². The normalized spacial score (nSPS) is 17.5. The first-order valence-corrected chi connectivity index (χ1v) is 9.09. The number of benzene rings is 3. The Morgan fingerprint density at radius 3 is 2.03 bits per heavy atom. The van der Waals surface area contributed by atoms with Crippen LogP contribution in [0.15, 0.2) is 77.8 Å². The molecule has 0 radical (unpaired) electrons. The fourth-order valence-corrected chi connectivity index (χ4v) is 3.39. The first-order chi connectivity index (χ1) is 14.4. The molecule has 0 saturated carbocycles. The first-order valence-electron chi connectivity index (χ1n) is 9.09. The molecule has 0 aliphatic carbocycles. The van der Waals surface area contributed by atoms with Gasteiger partial charge in [0, 0.05) is 24.2 Å². The molecule has 150 valence electrons. The van der Waals surface area contributed by atoms with Gasteiger partial charge in [0.2, 0.25) is 0 Å². The van der Waals surface area contributed by atoms with Crippen LogP contribution < -0.4 is 4.90 Å². The molecule has 3 aromatic rings. The minimum atomic E-state index is -0.497. The summed E-state index contributed by atoms with van der Waals surface area (Å²) in [5, 5.41) is 10.9.